The number of amides is 2. The number of benzene rings is 2. The number of thioether (sulfide) groups is 1. The lowest BCUT2D eigenvalue weighted by Crippen LogP contribution is -2.27. The number of hydrogen-bond donors (Lipinski definition) is 0. The van der Waals surface area contributed by atoms with Crippen molar-refractivity contribution < 1.29 is 28.8 Å². The fourth-order valence-corrected chi connectivity index (χ4v) is 4.56. The maximum Gasteiger partial charge on any atom is 0.343 e. The van der Waals surface area contributed by atoms with Crippen LogP contribution in [0, 0.1) is 10.1 Å². The SMILES string of the molecule is COC(=O)COc1c(Cl)cc(C=C2SC(=O)N(Cc3cccc([N+](=O)[O-])c3)C2=O)cc1Br. The molecule has 1 aliphatic heterocycles. The standard InChI is InChI=1S/C20H14BrClN2O7S/c1-30-17(25)10-31-18-14(21)6-12(7-15(18)22)8-16-19(26)23(20(27)32-16)9-11-3-2-4-13(5-11)24(28)29/h2-8H,9-10H2,1H3. The molecule has 1 saturated heterocycles. The largest absolute Gasteiger partial charge is 0.479 e. The minimum Gasteiger partial charge on any atom is -0.479 e. The van der Waals surface area contributed by atoms with Crippen LogP contribution in [0.2, 0.25) is 5.02 Å². The highest BCUT2D eigenvalue weighted by Gasteiger charge is 2.35. The highest BCUT2D eigenvalue weighted by atomic mass is 79.9. The van der Waals surface area contributed by atoms with Crippen molar-refractivity contribution in [2.75, 3.05) is 13.7 Å². The second-order valence-corrected chi connectivity index (χ2v) is 8.63. The van der Waals surface area contributed by atoms with Crippen LogP contribution in [0.5, 0.6) is 5.75 Å². The van der Waals surface area contributed by atoms with Gasteiger partial charge in [0.05, 0.1) is 33.0 Å². The molecule has 0 unspecified atom stereocenters. The summed E-state index contributed by atoms with van der Waals surface area (Å²) in [5.74, 6) is -0.868. The van der Waals surface area contributed by atoms with Crippen LogP contribution in [0.25, 0.3) is 6.08 Å². The summed E-state index contributed by atoms with van der Waals surface area (Å²) in [5.41, 5.74) is 0.854. The van der Waals surface area contributed by atoms with Crippen molar-refractivity contribution in [2.24, 2.45) is 0 Å². The predicted octanol–water partition coefficient (Wildman–Crippen LogP) is 4.80. The molecule has 2 amide bonds. The number of carbonyl (C=O) groups excluding carboxylic acids is 3. The molecule has 0 atom stereocenters. The molecule has 9 nitrogen and oxygen atoms in total. The summed E-state index contributed by atoms with van der Waals surface area (Å²) in [5, 5.41) is 10.6. The Hall–Kier alpha value is -2.89. The van der Waals surface area contributed by atoms with E-state index < -0.39 is 22.0 Å². The number of nitro groups is 1. The number of non-ortho nitro benzene ring substituents is 1. The van der Waals surface area contributed by atoms with Crippen LogP contribution in [0.15, 0.2) is 45.8 Å². The fraction of sp³-hybridized carbons (Fsp3) is 0.150. The molecular formula is C20H14BrClN2O7S. The van der Waals surface area contributed by atoms with Crippen LogP contribution in [0.4, 0.5) is 10.5 Å². The minimum atomic E-state index is -0.575. The number of nitro benzene ring substituents is 1. The van der Waals surface area contributed by atoms with Gasteiger partial charge >= 0.3 is 5.97 Å². The highest BCUT2D eigenvalue weighted by Crippen LogP contribution is 2.38. The quantitative estimate of drug-likeness (QED) is 0.212. The maximum atomic E-state index is 12.8. The zero-order valence-corrected chi connectivity index (χ0v) is 19.5. The molecule has 0 N–H and O–H groups in total. The molecule has 1 fully saturated rings. The molecule has 0 spiro atoms. The van der Waals surface area contributed by atoms with E-state index in [2.05, 4.69) is 20.7 Å². The van der Waals surface area contributed by atoms with Gasteiger partial charge in [-0.25, -0.2) is 4.79 Å². The zero-order chi connectivity index (χ0) is 23.4. The molecule has 1 aliphatic rings. The summed E-state index contributed by atoms with van der Waals surface area (Å²) in [6, 6.07) is 8.88. The molecule has 1 heterocycles. The van der Waals surface area contributed by atoms with Crippen LogP contribution in [0.3, 0.4) is 0 Å². The smallest absolute Gasteiger partial charge is 0.343 e. The third-order valence-electron chi connectivity index (χ3n) is 4.22. The van der Waals surface area contributed by atoms with Gasteiger partial charge in [0.15, 0.2) is 12.4 Å². The topological polar surface area (TPSA) is 116 Å². The van der Waals surface area contributed by atoms with Gasteiger partial charge in [0.25, 0.3) is 16.8 Å². The molecule has 166 valence electrons. The first-order valence-electron chi connectivity index (χ1n) is 8.87. The average molecular weight is 542 g/mol. The van der Waals surface area contributed by atoms with E-state index in [0.717, 1.165) is 16.7 Å². The molecule has 2 aromatic rings. The van der Waals surface area contributed by atoms with Crippen LogP contribution in [-0.4, -0.2) is 40.7 Å². The van der Waals surface area contributed by atoms with Crippen LogP contribution < -0.4 is 4.74 Å². The Balaban J connectivity index is 1.79. The first kappa shape index (κ1) is 23.8. The lowest BCUT2D eigenvalue weighted by atomic mass is 10.1. The van der Waals surface area contributed by atoms with Gasteiger partial charge in [0.2, 0.25) is 0 Å². The van der Waals surface area contributed by atoms with E-state index in [-0.39, 0.29) is 34.5 Å². The summed E-state index contributed by atoms with van der Waals surface area (Å²) < 4.78 is 10.3. The van der Waals surface area contributed by atoms with Gasteiger partial charge in [-0.3, -0.25) is 24.6 Å². The number of imide groups is 1. The Morgan fingerprint density at radius 1 is 1.31 bits per heavy atom. The number of nitrogens with zero attached hydrogens (tertiary/aromatic N) is 2. The first-order valence-corrected chi connectivity index (χ1v) is 10.9. The van der Waals surface area contributed by atoms with E-state index >= 15 is 0 Å². The number of carbonyl (C=O) groups is 3. The number of esters is 1. The Kier molecular flexibility index (Phi) is 7.54. The second-order valence-electron chi connectivity index (χ2n) is 6.37. The maximum absolute atomic E-state index is 12.8. The van der Waals surface area contributed by atoms with Crippen molar-refractivity contribution in [3.05, 3.63) is 72.0 Å². The summed E-state index contributed by atoms with van der Waals surface area (Å²) >= 11 is 10.3. The number of rotatable bonds is 7. The van der Waals surface area contributed by atoms with E-state index in [1.54, 1.807) is 12.1 Å². The van der Waals surface area contributed by atoms with Crippen molar-refractivity contribution in [1.29, 1.82) is 0 Å². The molecule has 0 aliphatic carbocycles. The molecule has 12 heteroatoms. The molecule has 3 rings (SSSR count). The van der Waals surface area contributed by atoms with E-state index in [4.69, 9.17) is 16.3 Å². The Morgan fingerprint density at radius 2 is 2.06 bits per heavy atom. The van der Waals surface area contributed by atoms with Crippen molar-refractivity contribution in [1.82, 2.24) is 4.90 Å². The van der Waals surface area contributed by atoms with Gasteiger partial charge in [-0.2, -0.15) is 0 Å². The molecule has 0 saturated carbocycles. The summed E-state index contributed by atoms with van der Waals surface area (Å²) in [4.78, 5) is 48.0. The van der Waals surface area contributed by atoms with Gasteiger partial charge < -0.3 is 9.47 Å². The van der Waals surface area contributed by atoms with Crippen molar-refractivity contribution >= 4 is 68.2 Å². The number of methoxy groups -OCH3 is 1. The Morgan fingerprint density at radius 3 is 2.72 bits per heavy atom. The van der Waals surface area contributed by atoms with Crippen molar-refractivity contribution in [3.63, 3.8) is 0 Å². The van der Waals surface area contributed by atoms with Crippen LogP contribution >= 0.6 is 39.3 Å². The third-order valence-corrected chi connectivity index (χ3v) is 5.99. The van der Waals surface area contributed by atoms with E-state index in [9.17, 15) is 24.5 Å². The molecular weight excluding hydrogens is 528 g/mol. The van der Waals surface area contributed by atoms with Crippen molar-refractivity contribution in [3.8, 4) is 5.75 Å². The first-order chi connectivity index (χ1) is 15.2. The summed E-state index contributed by atoms with van der Waals surface area (Å²) in [7, 11) is 1.23. The molecule has 0 radical (unpaired) electrons. The number of ether oxygens (including phenoxy) is 2. The lowest BCUT2D eigenvalue weighted by Gasteiger charge is -2.12. The normalized spacial score (nSPS) is 14.7. The van der Waals surface area contributed by atoms with Crippen LogP contribution in [0.1, 0.15) is 11.1 Å². The van der Waals surface area contributed by atoms with Gasteiger partial charge in [-0.15, -0.1) is 0 Å². The van der Waals surface area contributed by atoms with E-state index in [1.807, 2.05) is 0 Å². The summed E-state index contributed by atoms with van der Waals surface area (Å²) in [6.07, 6.45) is 1.50. The number of hydrogen-bond acceptors (Lipinski definition) is 8. The molecule has 0 aromatic heterocycles. The van der Waals surface area contributed by atoms with Gasteiger partial charge in [-0.05, 0) is 57.0 Å². The Labute approximate surface area is 199 Å². The average Bonchev–Trinajstić information content (AvgIpc) is 3.00. The molecule has 32 heavy (non-hydrogen) atoms. The van der Waals surface area contributed by atoms with E-state index in [1.165, 1.54) is 37.5 Å². The monoisotopic (exact) mass is 540 g/mol. The minimum absolute atomic E-state index is 0.0888. The summed E-state index contributed by atoms with van der Waals surface area (Å²) in [6.45, 7) is -0.418. The predicted molar refractivity (Wildman–Crippen MR) is 121 cm³/mol. The van der Waals surface area contributed by atoms with Gasteiger partial charge in [-0.1, -0.05) is 23.7 Å². The lowest BCUT2D eigenvalue weighted by molar-refractivity contribution is -0.384. The van der Waals surface area contributed by atoms with Crippen molar-refractivity contribution in [2.45, 2.75) is 6.54 Å². The number of halogens is 2. The van der Waals surface area contributed by atoms with Gasteiger partial charge in [0, 0.05) is 12.1 Å². The fourth-order valence-electron chi connectivity index (χ4n) is 2.73. The Bertz CT molecular complexity index is 1130. The second kappa shape index (κ2) is 10.2. The van der Waals surface area contributed by atoms with Crippen LogP contribution in [-0.2, 0) is 20.9 Å². The zero-order valence-electron chi connectivity index (χ0n) is 16.4. The highest BCUT2D eigenvalue weighted by molar-refractivity contribution is 9.10. The third kappa shape index (κ3) is 5.47. The van der Waals surface area contributed by atoms with Gasteiger partial charge in [0.1, 0.15) is 0 Å². The molecule has 0 bridgehead atoms. The molecule has 2 aromatic carbocycles. The van der Waals surface area contributed by atoms with E-state index in [0.29, 0.717) is 15.6 Å².